The number of hydrogen-bond donors (Lipinski definition) is 1. The minimum atomic E-state index is -0.158. The second-order valence-electron chi connectivity index (χ2n) is 5.03. The van der Waals surface area contributed by atoms with Gasteiger partial charge in [0.15, 0.2) is 0 Å². The topological polar surface area (TPSA) is 51.2 Å². The molecule has 1 aliphatic rings. The Bertz CT molecular complexity index is 640. The molecule has 102 valence electrons. The molecule has 4 nitrogen and oxygen atoms in total. The lowest BCUT2D eigenvalue weighted by Crippen LogP contribution is -2.14. The van der Waals surface area contributed by atoms with Gasteiger partial charge in [0.05, 0.1) is 5.56 Å². The molecule has 0 unspecified atom stereocenters. The standard InChI is InChI=1S/C16H16N2O2/c1-10-11(2)20-15-13(10)4-3-5-14(15)16(19)18-12-6-8-17-9-7-12/h3-11H,1-2H3,(H,17,18,19)/t10-,11+/m1/s1. The van der Waals surface area contributed by atoms with E-state index in [-0.39, 0.29) is 12.0 Å². The molecule has 0 radical (unpaired) electrons. The summed E-state index contributed by atoms with van der Waals surface area (Å²) in [6, 6.07) is 9.23. The summed E-state index contributed by atoms with van der Waals surface area (Å²) in [6.45, 7) is 4.14. The van der Waals surface area contributed by atoms with Gasteiger partial charge < -0.3 is 10.1 Å². The van der Waals surface area contributed by atoms with Crippen molar-refractivity contribution in [2.45, 2.75) is 25.9 Å². The first kappa shape index (κ1) is 12.7. The second-order valence-corrected chi connectivity index (χ2v) is 5.03. The number of nitrogens with zero attached hydrogens (tertiary/aromatic N) is 1. The van der Waals surface area contributed by atoms with Gasteiger partial charge in [0.1, 0.15) is 11.9 Å². The number of nitrogens with one attached hydrogen (secondary N) is 1. The Morgan fingerprint density at radius 3 is 2.70 bits per heavy atom. The number of carbonyl (C=O) groups excluding carboxylic acids is 1. The van der Waals surface area contributed by atoms with Crippen molar-refractivity contribution in [2.24, 2.45) is 0 Å². The number of rotatable bonds is 2. The van der Waals surface area contributed by atoms with Gasteiger partial charge in [-0.15, -0.1) is 0 Å². The number of fused-ring (bicyclic) bond motifs is 1. The number of anilines is 1. The highest BCUT2D eigenvalue weighted by atomic mass is 16.5. The highest BCUT2D eigenvalue weighted by Gasteiger charge is 2.30. The van der Waals surface area contributed by atoms with E-state index in [0.717, 1.165) is 11.3 Å². The predicted octanol–water partition coefficient (Wildman–Crippen LogP) is 3.22. The number of amides is 1. The molecule has 0 fully saturated rings. The summed E-state index contributed by atoms with van der Waals surface area (Å²) in [4.78, 5) is 16.3. The molecule has 1 aromatic carbocycles. The summed E-state index contributed by atoms with van der Waals surface area (Å²) in [5.74, 6) is 0.854. The summed E-state index contributed by atoms with van der Waals surface area (Å²) in [7, 11) is 0. The van der Waals surface area contributed by atoms with Crippen LogP contribution in [0.25, 0.3) is 0 Å². The third-order valence-corrected chi connectivity index (χ3v) is 3.73. The highest BCUT2D eigenvalue weighted by molar-refractivity contribution is 6.06. The van der Waals surface area contributed by atoms with Crippen molar-refractivity contribution in [1.29, 1.82) is 0 Å². The zero-order valence-corrected chi connectivity index (χ0v) is 11.5. The van der Waals surface area contributed by atoms with Gasteiger partial charge in [0, 0.05) is 29.6 Å². The monoisotopic (exact) mass is 268 g/mol. The molecule has 1 amide bonds. The van der Waals surface area contributed by atoms with Crippen LogP contribution in [-0.2, 0) is 0 Å². The van der Waals surface area contributed by atoms with Gasteiger partial charge >= 0.3 is 0 Å². The first-order valence-electron chi connectivity index (χ1n) is 6.68. The van der Waals surface area contributed by atoms with Crippen LogP contribution in [0.4, 0.5) is 5.69 Å². The van der Waals surface area contributed by atoms with Crippen molar-refractivity contribution < 1.29 is 9.53 Å². The van der Waals surface area contributed by atoms with Gasteiger partial charge in [-0.3, -0.25) is 9.78 Å². The average Bonchev–Trinajstić information content (AvgIpc) is 2.75. The van der Waals surface area contributed by atoms with Crippen LogP contribution in [0, 0.1) is 0 Å². The molecule has 0 bridgehead atoms. The van der Waals surface area contributed by atoms with E-state index in [2.05, 4.69) is 17.2 Å². The molecule has 2 atom stereocenters. The predicted molar refractivity (Wildman–Crippen MR) is 77.1 cm³/mol. The summed E-state index contributed by atoms with van der Waals surface area (Å²) in [6.07, 6.45) is 3.39. The lowest BCUT2D eigenvalue weighted by Gasteiger charge is -2.10. The summed E-state index contributed by atoms with van der Waals surface area (Å²) < 4.78 is 5.84. The molecule has 3 rings (SSSR count). The van der Waals surface area contributed by atoms with Crippen molar-refractivity contribution in [3.05, 3.63) is 53.9 Å². The molecule has 1 aromatic heterocycles. The number of pyridine rings is 1. The molecular formula is C16H16N2O2. The Balaban J connectivity index is 1.91. The van der Waals surface area contributed by atoms with Crippen LogP contribution >= 0.6 is 0 Å². The van der Waals surface area contributed by atoms with E-state index in [9.17, 15) is 4.79 Å². The van der Waals surface area contributed by atoms with Crippen molar-refractivity contribution >= 4 is 11.6 Å². The number of ether oxygens (including phenoxy) is 1. The molecule has 4 heteroatoms. The van der Waals surface area contributed by atoms with Gasteiger partial charge in [-0.25, -0.2) is 0 Å². The Labute approximate surface area is 117 Å². The Morgan fingerprint density at radius 1 is 1.20 bits per heavy atom. The Kier molecular flexibility index (Phi) is 3.14. The molecule has 0 aliphatic carbocycles. The largest absolute Gasteiger partial charge is 0.489 e. The summed E-state index contributed by atoms with van der Waals surface area (Å²) in [5.41, 5.74) is 2.40. The molecule has 2 aromatic rings. The molecular weight excluding hydrogens is 252 g/mol. The maximum absolute atomic E-state index is 12.4. The van der Waals surface area contributed by atoms with Crippen molar-refractivity contribution in [1.82, 2.24) is 4.98 Å². The average molecular weight is 268 g/mol. The molecule has 0 spiro atoms. The van der Waals surface area contributed by atoms with E-state index in [1.807, 2.05) is 19.1 Å². The van der Waals surface area contributed by atoms with E-state index < -0.39 is 0 Å². The quantitative estimate of drug-likeness (QED) is 0.909. The zero-order chi connectivity index (χ0) is 14.1. The van der Waals surface area contributed by atoms with Crippen molar-refractivity contribution in [2.75, 3.05) is 5.32 Å². The second kappa shape index (κ2) is 4.96. The summed E-state index contributed by atoms with van der Waals surface area (Å²) in [5, 5.41) is 2.86. The fourth-order valence-corrected chi connectivity index (χ4v) is 2.40. The van der Waals surface area contributed by atoms with Crippen LogP contribution in [0.5, 0.6) is 5.75 Å². The molecule has 20 heavy (non-hydrogen) atoms. The smallest absolute Gasteiger partial charge is 0.259 e. The molecule has 0 saturated carbocycles. The molecule has 1 N–H and O–H groups in total. The SMILES string of the molecule is C[C@@H]1Oc2c(C(=O)Nc3ccncc3)cccc2[C@@H]1C. The van der Waals surface area contributed by atoms with Gasteiger partial charge in [-0.1, -0.05) is 19.1 Å². The zero-order valence-electron chi connectivity index (χ0n) is 11.5. The Morgan fingerprint density at radius 2 is 1.95 bits per heavy atom. The van der Waals surface area contributed by atoms with Crippen LogP contribution in [0.3, 0.4) is 0 Å². The van der Waals surface area contributed by atoms with Crippen LogP contribution in [0.1, 0.15) is 35.7 Å². The van der Waals surface area contributed by atoms with Crippen LogP contribution in [-0.4, -0.2) is 17.0 Å². The number of aromatic nitrogens is 1. The number of carbonyl (C=O) groups is 1. The minimum Gasteiger partial charge on any atom is -0.489 e. The molecule has 1 aliphatic heterocycles. The lowest BCUT2D eigenvalue weighted by molar-refractivity contribution is 0.102. The summed E-state index contributed by atoms with van der Waals surface area (Å²) >= 11 is 0. The van der Waals surface area contributed by atoms with Crippen LogP contribution in [0.2, 0.25) is 0 Å². The third-order valence-electron chi connectivity index (χ3n) is 3.73. The third kappa shape index (κ3) is 2.13. The number of para-hydroxylation sites is 1. The fraction of sp³-hybridized carbons (Fsp3) is 0.250. The van der Waals surface area contributed by atoms with Gasteiger partial charge in [-0.05, 0) is 25.1 Å². The first-order valence-corrected chi connectivity index (χ1v) is 6.68. The van der Waals surface area contributed by atoms with E-state index in [4.69, 9.17) is 4.74 Å². The molecule has 2 heterocycles. The Hall–Kier alpha value is -2.36. The maximum Gasteiger partial charge on any atom is 0.259 e. The van der Waals surface area contributed by atoms with Crippen LogP contribution in [0.15, 0.2) is 42.7 Å². The fourth-order valence-electron chi connectivity index (χ4n) is 2.40. The maximum atomic E-state index is 12.4. The minimum absolute atomic E-state index is 0.0971. The van der Waals surface area contributed by atoms with Gasteiger partial charge in [0.25, 0.3) is 5.91 Å². The highest BCUT2D eigenvalue weighted by Crippen LogP contribution is 2.40. The van der Waals surface area contributed by atoms with Gasteiger partial charge in [0.2, 0.25) is 0 Å². The van der Waals surface area contributed by atoms with E-state index in [0.29, 0.717) is 17.2 Å². The lowest BCUT2D eigenvalue weighted by atomic mass is 9.97. The van der Waals surface area contributed by atoms with Crippen molar-refractivity contribution in [3.63, 3.8) is 0 Å². The number of hydrogen-bond acceptors (Lipinski definition) is 3. The van der Waals surface area contributed by atoms with Crippen LogP contribution < -0.4 is 10.1 Å². The van der Waals surface area contributed by atoms with E-state index in [1.165, 1.54) is 0 Å². The number of benzene rings is 1. The molecule has 0 saturated heterocycles. The van der Waals surface area contributed by atoms with Crippen molar-refractivity contribution in [3.8, 4) is 5.75 Å². The van der Waals surface area contributed by atoms with E-state index >= 15 is 0 Å². The van der Waals surface area contributed by atoms with Gasteiger partial charge in [-0.2, -0.15) is 0 Å². The normalized spacial score (nSPS) is 20.1. The van der Waals surface area contributed by atoms with E-state index in [1.54, 1.807) is 30.6 Å². The first-order chi connectivity index (χ1) is 9.66.